The average molecular weight is 535 g/mol. The van der Waals surface area contributed by atoms with Crippen LogP contribution in [0.4, 0.5) is 26.2 Å². The van der Waals surface area contributed by atoms with Crippen molar-refractivity contribution in [3.8, 4) is 11.3 Å². The highest BCUT2D eigenvalue weighted by atomic mass is 19.1. The number of hydrogen-bond acceptors (Lipinski definition) is 8. The van der Waals surface area contributed by atoms with Gasteiger partial charge in [0.25, 0.3) is 0 Å². The van der Waals surface area contributed by atoms with Crippen molar-refractivity contribution in [3.05, 3.63) is 59.4 Å². The Morgan fingerprint density at radius 3 is 2.46 bits per heavy atom. The van der Waals surface area contributed by atoms with Crippen LogP contribution in [-0.2, 0) is 13.0 Å². The van der Waals surface area contributed by atoms with Crippen LogP contribution >= 0.6 is 0 Å². The van der Waals surface area contributed by atoms with E-state index in [0.29, 0.717) is 23.4 Å². The first kappa shape index (κ1) is 27.2. The average Bonchev–Trinajstić information content (AvgIpc) is 3.49. The minimum Gasteiger partial charge on any atom is -0.320 e. The summed E-state index contributed by atoms with van der Waals surface area (Å²) < 4.78 is 29.6. The van der Waals surface area contributed by atoms with Crippen LogP contribution in [0.1, 0.15) is 24.5 Å². The van der Waals surface area contributed by atoms with Gasteiger partial charge in [-0.3, -0.25) is 9.89 Å². The quantitative estimate of drug-likeness (QED) is 0.278. The molecular formula is C29H36F2N8. The molecular weight excluding hydrogens is 498 g/mol. The molecule has 3 aromatic rings. The van der Waals surface area contributed by atoms with Crippen LogP contribution in [0.2, 0.25) is 0 Å². The van der Waals surface area contributed by atoms with Gasteiger partial charge in [-0.15, -0.1) is 0 Å². The Hall–Kier alpha value is -3.34. The summed E-state index contributed by atoms with van der Waals surface area (Å²) in [6.07, 6.45) is 4.29. The van der Waals surface area contributed by atoms with Crippen molar-refractivity contribution < 1.29 is 8.78 Å². The predicted octanol–water partition coefficient (Wildman–Crippen LogP) is 4.43. The standard InChI is InChI=1S/C29H36F2N8/c1-4-38-15-22-17-39(18-23(22)16-38)14-19-7-8-26(34-12-19)36-29-35-13-25(31)28(37-29)21-10-20(6-5-9-32-2)27(33-3)24(30)11-21/h7-8,10-13,22-23,32H,3-6,9,14-18H2,1-2H3,(H,34,35,36,37). The molecule has 0 spiro atoms. The van der Waals surface area contributed by atoms with E-state index in [1.165, 1.54) is 19.2 Å². The first-order valence-corrected chi connectivity index (χ1v) is 13.6. The Morgan fingerprint density at radius 2 is 1.79 bits per heavy atom. The molecule has 0 radical (unpaired) electrons. The van der Waals surface area contributed by atoms with E-state index >= 15 is 0 Å². The number of hydrogen-bond donors (Lipinski definition) is 2. The van der Waals surface area contributed by atoms with Crippen molar-refractivity contribution in [2.24, 2.45) is 16.8 Å². The second-order valence-electron chi connectivity index (χ2n) is 10.5. The van der Waals surface area contributed by atoms with E-state index in [0.717, 1.165) is 62.7 Å². The monoisotopic (exact) mass is 534 g/mol. The van der Waals surface area contributed by atoms with Crippen LogP contribution in [0, 0.1) is 23.5 Å². The van der Waals surface area contributed by atoms with Crippen molar-refractivity contribution in [1.29, 1.82) is 0 Å². The second-order valence-corrected chi connectivity index (χ2v) is 10.5. The van der Waals surface area contributed by atoms with E-state index < -0.39 is 11.6 Å². The van der Waals surface area contributed by atoms with Crippen LogP contribution < -0.4 is 10.6 Å². The number of nitrogens with one attached hydrogen (secondary N) is 2. The minimum atomic E-state index is -0.638. The molecule has 4 heterocycles. The fourth-order valence-corrected chi connectivity index (χ4v) is 5.79. The Bertz CT molecular complexity index is 1290. The van der Waals surface area contributed by atoms with E-state index in [2.05, 4.69) is 54.0 Å². The van der Waals surface area contributed by atoms with Crippen molar-refractivity contribution in [2.75, 3.05) is 51.6 Å². The van der Waals surface area contributed by atoms with E-state index in [1.54, 1.807) is 6.07 Å². The molecule has 8 nitrogen and oxygen atoms in total. The zero-order chi connectivity index (χ0) is 27.4. The Morgan fingerprint density at radius 1 is 1.03 bits per heavy atom. The largest absolute Gasteiger partial charge is 0.320 e. The van der Waals surface area contributed by atoms with Gasteiger partial charge in [-0.2, -0.15) is 0 Å². The third kappa shape index (κ3) is 6.29. The van der Waals surface area contributed by atoms with E-state index in [1.807, 2.05) is 25.4 Å². The molecule has 2 aliphatic rings. The predicted molar refractivity (Wildman–Crippen MR) is 151 cm³/mol. The number of aliphatic imine (C=N–C) groups is 1. The SMILES string of the molecule is C=Nc1c(F)cc(-c2nc(Nc3ccc(CN4CC5CN(CC)CC5C4)cn3)ncc2F)cc1CCCNC. The summed E-state index contributed by atoms with van der Waals surface area (Å²) >= 11 is 0. The van der Waals surface area contributed by atoms with Gasteiger partial charge in [-0.25, -0.2) is 23.7 Å². The molecule has 206 valence electrons. The van der Waals surface area contributed by atoms with Gasteiger partial charge in [0.2, 0.25) is 5.95 Å². The van der Waals surface area contributed by atoms with Crippen molar-refractivity contribution >= 4 is 24.2 Å². The Kier molecular flexibility index (Phi) is 8.54. The molecule has 0 bridgehead atoms. The normalized spacial score (nSPS) is 19.4. The summed E-state index contributed by atoms with van der Waals surface area (Å²) in [5.74, 6) is 1.08. The van der Waals surface area contributed by atoms with Crippen LogP contribution in [0.15, 0.2) is 41.7 Å². The third-order valence-electron chi connectivity index (χ3n) is 7.75. The van der Waals surface area contributed by atoms with Gasteiger partial charge < -0.3 is 15.5 Å². The fraction of sp³-hybridized carbons (Fsp3) is 0.448. The smallest absolute Gasteiger partial charge is 0.229 e. The summed E-state index contributed by atoms with van der Waals surface area (Å²) in [6.45, 7) is 13.2. The zero-order valence-corrected chi connectivity index (χ0v) is 22.6. The number of anilines is 2. The molecule has 2 N–H and O–H groups in total. The number of fused-ring (bicyclic) bond motifs is 1. The van der Waals surface area contributed by atoms with E-state index in [4.69, 9.17) is 0 Å². The molecule has 5 rings (SSSR count). The van der Waals surface area contributed by atoms with Gasteiger partial charge in [0.05, 0.1) is 6.20 Å². The lowest BCUT2D eigenvalue weighted by Gasteiger charge is -2.20. The molecule has 2 aromatic heterocycles. The van der Waals surface area contributed by atoms with Gasteiger partial charge in [-0.1, -0.05) is 13.0 Å². The molecule has 2 saturated heterocycles. The number of rotatable bonds is 11. The van der Waals surface area contributed by atoms with Gasteiger partial charge in [0.1, 0.15) is 23.0 Å². The Balaban J connectivity index is 1.26. The molecule has 0 aliphatic carbocycles. The maximum atomic E-state index is 14.8. The maximum absolute atomic E-state index is 14.8. The minimum absolute atomic E-state index is 0.00900. The zero-order valence-electron chi connectivity index (χ0n) is 22.6. The summed E-state index contributed by atoms with van der Waals surface area (Å²) in [4.78, 5) is 21.8. The lowest BCUT2D eigenvalue weighted by atomic mass is 10.0. The van der Waals surface area contributed by atoms with Gasteiger partial charge in [0.15, 0.2) is 5.82 Å². The van der Waals surface area contributed by atoms with E-state index in [-0.39, 0.29) is 17.3 Å². The maximum Gasteiger partial charge on any atom is 0.229 e. The van der Waals surface area contributed by atoms with Gasteiger partial charge in [0, 0.05) is 44.5 Å². The Labute approximate surface area is 228 Å². The topological polar surface area (TPSA) is 81.6 Å². The highest BCUT2D eigenvalue weighted by Crippen LogP contribution is 2.33. The summed E-state index contributed by atoms with van der Waals surface area (Å²) in [5, 5.41) is 6.12. The van der Waals surface area contributed by atoms with Crippen molar-refractivity contribution in [2.45, 2.75) is 26.3 Å². The fourth-order valence-electron chi connectivity index (χ4n) is 5.79. The number of benzene rings is 1. The van der Waals surface area contributed by atoms with Crippen molar-refractivity contribution in [3.63, 3.8) is 0 Å². The van der Waals surface area contributed by atoms with Crippen LogP contribution in [-0.4, -0.2) is 77.8 Å². The third-order valence-corrected chi connectivity index (χ3v) is 7.75. The van der Waals surface area contributed by atoms with Gasteiger partial charge >= 0.3 is 0 Å². The number of likely N-dealkylation sites (tertiary alicyclic amines) is 2. The van der Waals surface area contributed by atoms with E-state index in [9.17, 15) is 8.78 Å². The molecule has 39 heavy (non-hydrogen) atoms. The molecule has 2 atom stereocenters. The number of nitrogens with zero attached hydrogens (tertiary/aromatic N) is 6. The second kappa shape index (κ2) is 12.2. The first-order chi connectivity index (χ1) is 19.0. The summed E-state index contributed by atoms with van der Waals surface area (Å²) in [5.41, 5.74) is 2.32. The summed E-state index contributed by atoms with van der Waals surface area (Å²) in [7, 11) is 1.86. The highest BCUT2D eigenvalue weighted by Gasteiger charge is 2.39. The number of aromatic nitrogens is 3. The molecule has 10 heteroatoms. The van der Waals surface area contributed by atoms with Crippen LogP contribution in [0.3, 0.4) is 0 Å². The molecule has 1 aromatic carbocycles. The molecule has 0 saturated carbocycles. The van der Waals surface area contributed by atoms with Crippen molar-refractivity contribution in [1.82, 2.24) is 30.1 Å². The number of pyridine rings is 1. The van der Waals surface area contributed by atoms with Crippen LogP contribution in [0.5, 0.6) is 0 Å². The first-order valence-electron chi connectivity index (χ1n) is 13.6. The molecule has 2 unspecified atom stereocenters. The molecule has 2 aliphatic heterocycles. The lowest BCUT2D eigenvalue weighted by Crippen LogP contribution is -2.28. The molecule has 2 fully saturated rings. The molecule has 0 amide bonds. The summed E-state index contributed by atoms with van der Waals surface area (Å²) in [6, 6.07) is 6.87. The van der Waals surface area contributed by atoms with Gasteiger partial charge in [-0.05, 0) is 80.9 Å². The number of halogens is 2. The lowest BCUT2D eigenvalue weighted by molar-refractivity contribution is 0.257. The highest BCUT2D eigenvalue weighted by molar-refractivity contribution is 5.68. The number of aryl methyl sites for hydroxylation is 1. The van der Waals surface area contributed by atoms with Crippen LogP contribution in [0.25, 0.3) is 11.3 Å².